The number of nitrogens with zero attached hydrogens (tertiary/aromatic N) is 2. The minimum atomic E-state index is -0.201. The van der Waals surface area contributed by atoms with E-state index in [0.29, 0.717) is 19.6 Å². The molecule has 1 heterocycles. The lowest BCUT2D eigenvalue weighted by Gasteiger charge is -2.36. The zero-order valence-electron chi connectivity index (χ0n) is 19.7. The second-order valence-corrected chi connectivity index (χ2v) is 8.43. The number of urea groups is 1. The summed E-state index contributed by atoms with van der Waals surface area (Å²) in [7, 11) is 1.64. The number of anilines is 2. The number of nitrogens with one attached hydrogen (secondary N) is 1. The third-order valence-electron chi connectivity index (χ3n) is 6.24. The first kappa shape index (κ1) is 23.4. The van der Waals surface area contributed by atoms with E-state index < -0.39 is 0 Å². The molecule has 0 saturated carbocycles. The van der Waals surface area contributed by atoms with Crippen molar-refractivity contribution in [2.75, 3.05) is 30.4 Å². The molecule has 1 aliphatic rings. The Balaban J connectivity index is 1.42. The number of carbonyl (C=O) groups excluding carboxylic acids is 2. The number of rotatable bonds is 8. The van der Waals surface area contributed by atoms with Crippen molar-refractivity contribution in [3.8, 4) is 5.75 Å². The second kappa shape index (κ2) is 10.9. The number of para-hydroxylation sites is 1. The Bertz CT molecular complexity index is 1120. The SMILES string of the molecule is CCC(C(=O)Nc1ccc(N2CCCN(Cc3ccccc3OC)C2=O)cc1)c1ccccc1. The van der Waals surface area contributed by atoms with Gasteiger partial charge in [0.25, 0.3) is 0 Å². The summed E-state index contributed by atoms with van der Waals surface area (Å²) in [6, 6.07) is 25.1. The van der Waals surface area contributed by atoms with Crippen LogP contribution in [-0.4, -0.2) is 37.0 Å². The van der Waals surface area contributed by atoms with Crippen molar-refractivity contribution in [3.05, 3.63) is 90.0 Å². The monoisotopic (exact) mass is 457 g/mol. The van der Waals surface area contributed by atoms with E-state index in [2.05, 4.69) is 5.32 Å². The largest absolute Gasteiger partial charge is 0.496 e. The maximum absolute atomic E-state index is 13.2. The van der Waals surface area contributed by atoms with Gasteiger partial charge in [-0.15, -0.1) is 0 Å². The van der Waals surface area contributed by atoms with Gasteiger partial charge in [-0.1, -0.05) is 55.5 Å². The third-order valence-corrected chi connectivity index (χ3v) is 6.24. The standard InChI is InChI=1S/C28H31N3O3/c1-3-25(21-10-5-4-6-11-21)27(32)29-23-14-16-24(17-15-23)31-19-9-18-30(28(31)33)20-22-12-7-8-13-26(22)34-2/h4-8,10-17,25H,3,9,18-20H2,1-2H3,(H,29,32). The van der Waals surface area contributed by atoms with Crippen molar-refractivity contribution < 1.29 is 14.3 Å². The van der Waals surface area contributed by atoms with Crippen molar-refractivity contribution in [1.29, 1.82) is 0 Å². The number of benzene rings is 3. The van der Waals surface area contributed by atoms with E-state index >= 15 is 0 Å². The number of hydrogen-bond acceptors (Lipinski definition) is 3. The topological polar surface area (TPSA) is 61.9 Å². The van der Waals surface area contributed by atoms with Crippen molar-refractivity contribution in [1.82, 2.24) is 4.90 Å². The molecule has 6 heteroatoms. The van der Waals surface area contributed by atoms with Crippen LogP contribution in [0.1, 0.15) is 36.8 Å². The lowest BCUT2D eigenvalue weighted by atomic mass is 9.95. The highest BCUT2D eigenvalue weighted by Crippen LogP contribution is 2.27. The average Bonchev–Trinajstić information content (AvgIpc) is 2.87. The molecule has 0 bridgehead atoms. The molecule has 176 valence electrons. The molecule has 1 N–H and O–H groups in total. The van der Waals surface area contributed by atoms with Gasteiger partial charge >= 0.3 is 6.03 Å². The molecule has 1 aliphatic heterocycles. The van der Waals surface area contributed by atoms with E-state index in [4.69, 9.17) is 4.74 Å². The predicted molar refractivity (Wildman–Crippen MR) is 135 cm³/mol. The summed E-state index contributed by atoms with van der Waals surface area (Å²) in [5.41, 5.74) is 3.54. The molecule has 3 amide bonds. The van der Waals surface area contributed by atoms with E-state index in [0.717, 1.165) is 41.1 Å². The Labute approximate surface area is 201 Å². The Morgan fingerprint density at radius 2 is 1.68 bits per heavy atom. The van der Waals surface area contributed by atoms with Gasteiger partial charge in [0.1, 0.15) is 5.75 Å². The zero-order valence-corrected chi connectivity index (χ0v) is 19.7. The summed E-state index contributed by atoms with van der Waals surface area (Å²) in [5, 5.41) is 3.02. The summed E-state index contributed by atoms with van der Waals surface area (Å²) >= 11 is 0. The summed E-state index contributed by atoms with van der Waals surface area (Å²) in [5.74, 6) is 0.556. The maximum atomic E-state index is 13.2. The van der Waals surface area contributed by atoms with Gasteiger partial charge < -0.3 is 15.0 Å². The Hall–Kier alpha value is -3.80. The van der Waals surface area contributed by atoms with Crippen molar-refractivity contribution in [2.24, 2.45) is 0 Å². The van der Waals surface area contributed by atoms with E-state index in [1.54, 1.807) is 12.0 Å². The number of hydrogen-bond donors (Lipinski definition) is 1. The fourth-order valence-electron chi connectivity index (χ4n) is 4.42. The summed E-state index contributed by atoms with van der Waals surface area (Å²) in [6.45, 7) is 3.89. The van der Waals surface area contributed by atoms with E-state index in [1.165, 1.54) is 0 Å². The molecule has 0 aromatic heterocycles. The molecule has 4 rings (SSSR count). The minimum absolute atomic E-state index is 0.0240. The second-order valence-electron chi connectivity index (χ2n) is 8.43. The molecule has 0 aliphatic carbocycles. The summed E-state index contributed by atoms with van der Waals surface area (Å²) < 4.78 is 5.45. The van der Waals surface area contributed by atoms with Gasteiger partial charge in [0.2, 0.25) is 5.91 Å². The van der Waals surface area contributed by atoms with Crippen molar-refractivity contribution in [2.45, 2.75) is 32.2 Å². The van der Waals surface area contributed by atoms with Crippen LogP contribution in [0.3, 0.4) is 0 Å². The van der Waals surface area contributed by atoms with E-state index in [9.17, 15) is 9.59 Å². The fourth-order valence-corrected chi connectivity index (χ4v) is 4.42. The highest BCUT2D eigenvalue weighted by atomic mass is 16.5. The van der Waals surface area contributed by atoms with Gasteiger partial charge in [0, 0.05) is 30.0 Å². The fraction of sp³-hybridized carbons (Fsp3) is 0.286. The highest BCUT2D eigenvalue weighted by Gasteiger charge is 2.27. The first-order valence-corrected chi connectivity index (χ1v) is 11.7. The summed E-state index contributed by atoms with van der Waals surface area (Å²) in [4.78, 5) is 29.7. The predicted octanol–water partition coefficient (Wildman–Crippen LogP) is 5.66. The molecule has 34 heavy (non-hydrogen) atoms. The molecule has 1 unspecified atom stereocenters. The zero-order chi connectivity index (χ0) is 23.9. The molecule has 1 atom stereocenters. The molecule has 1 saturated heterocycles. The maximum Gasteiger partial charge on any atom is 0.324 e. The number of ether oxygens (including phenoxy) is 1. The molecule has 0 spiro atoms. The van der Waals surface area contributed by atoms with Crippen LogP contribution >= 0.6 is 0 Å². The number of amides is 3. The molecule has 6 nitrogen and oxygen atoms in total. The van der Waals surface area contributed by atoms with Crippen molar-refractivity contribution >= 4 is 23.3 Å². The van der Waals surface area contributed by atoms with E-state index in [-0.39, 0.29) is 17.9 Å². The number of carbonyl (C=O) groups is 2. The van der Waals surface area contributed by atoms with Crippen LogP contribution in [0.25, 0.3) is 0 Å². The van der Waals surface area contributed by atoms with Gasteiger partial charge in [0.15, 0.2) is 0 Å². The van der Waals surface area contributed by atoms with Gasteiger partial charge in [-0.05, 0) is 48.7 Å². The Morgan fingerprint density at radius 1 is 0.971 bits per heavy atom. The van der Waals surface area contributed by atoms with Crippen LogP contribution in [-0.2, 0) is 11.3 Å². The summed E-state index contributed by atoms with van der Waals surface area (Å²) in [6.07, 6.45) is 1.60. The lowest BCUT2D eigenvalue weighted by molar-refractivity contribution is -0.117. The van der Waals surface area contributed by atoms with Gasteiger partial charge in [0.05, 0.1) is 19.6 Å². The van der Waals surface area contributed by atoms with Crippen LogP contribution in [0, 0.1) is 0 Å². The molecular formula is C28H31N3O3. The third kappa shape index (κ3) is 5.22. The Morgan fingerprint density at radius 3 is 2.38 bits per heavy atom. The molecular weight excluding hydrogens is 426 g/mol. The normalized spacial score (nSPS) is 14.6. The highest BCUT2D eigenvalue weighted by molar-refractivity contribution is 5.97. The Kier molecular flexibility index (Phi) is 7.48. The first-order valence-electron chi connectivity index (χ1n) is 11.7. The quantitative estimate of drug-likeness (QED) is 0.475. The molecule has 3 aromatic carbocycles. The average molecular weight is 458 g/mol. The van der Waals surface area contributed by atoms with Crippen LogP contribution in [0.15, 0.2) is 78.9 Å². The molecule has 0 radical (unpaired) electrons. The first-order chi connectivity index (χ1) is 16.6. The van der Waals surface area contributed by atoms with Crippen LogP contribution in [0.2, 0.25) is 0 Å². The smallest absolute Gasteiger partial charge is 0.324 e. The van der Waals surface area contributed by atoms with Crippen molar-refractivity contribution in [3.63, 3.8) is 0 Å². The van der Waals surface area contributed by atoms with Crippen LogP contribution in [0.4, 0.5) is 16.2 Å². The minimum Gasteiger partial charge on any atom is -0.496 e. The van der Waals surface area contributed by atoms with Crippen LogP contribution in [0.5, 0.6) is 5.75 Å². The van der Waals surface area contributed by atoms with E-state index in [1.807, 2.05) is 90.7 Å². The molecule has 1 fully saturated rings. The van der Waals surface area contributed by atoms with Crippen LogP contribution < -0.4 is 15.0 Å². The van der Waals surface area contributed by atoms with Gasteiger partial charge in [-0.2, -0.15) is 0 Å². The number of methoxy groups -OCH3 is 1. The van der Waals surface area contributed by atoms with Gasteiger partial charge in [-0.3, -0.25) is 9.69 Å². The van der Waals surface area contributed by atoms with Gasteiger partial charge in [-0.25, -0.2) is 4.79 Å². The molecule has 3 aromatic rings. The lowest BCUT2D eigenvalue weighted by Crippen LogP contribution is -2.49.